The first-order valence-corrected chi connectivity index (χ1v) is 6.62. The highest BCUT2D eigenvalue weighted by Crippen LogP contribution is 2.32. The van der Waals surface area contributed by atoms with Crippen LogP contribution in [0.4, 0.5) is 8.78 Å². The van der Waals surface area contributed by atoms with Crippen molar-refractivity contribution < 1.29 is 13.9 Å². The lowest BCUT2D eigenvalue weighted by Crippen LogP contribution is -2.05. The van der Waals surface area contributed by atoms with E-state index in [4.69, 9.17) is 11.6 Å². The molecule has 0 spiro atoms. The summed E-state index contributed by atoms with van der Waals surface area (Å²) in [5.74, 6) is -2.07. The first-order valence-electron chi connectivity index (χ1n) is 6.24. The van der Waals surface area contributed by atoms with Crippen LogP contribution in [-0.2, 0) is 0 Å². The summed E-state index contributed by atoms with van der Waals surface area (Å²) in [7, 11) is 0. The molecule has 106 valence electrons. The molecule has 1 heterocycles. The maximum absolute atomic E-state index is 13.8. The van der Waals surface area contributed by atoms with E-state index in [1.54, 1.807) is 30.5 Å². The molecule has 1 N–H and O–H groups in total. The molecule has 0 fully saturated rings. The van der Waals surface area contributed by atoms with E-state index in [0.717, 1.165) is 6.07 Å². The monoisotopic (exact) mass is 305 g/mol. The molecule has 0 amide bonds. The molecule has 1 atom stereocenters. The van der Waals surface area contributed by atoms with Gasteiger partial charge in [-0.1, -0.05) is 29.8 Å². The summed E-state index contributed by atoms with van der Waals surface area (Å²) in [5.41, 5.74) is 0.699. The number of fused-ring (bicyclic) bond motifs is 1. The minimum absolute atomic E-state index is 0.135. The summed E-state index contributed by atoms with van der Waals surface area (Å²) in [4.78, 5) is 4.18. The van der Waals surface area contributed by atoms with Crippen molar-refractivity contribution in [2.75, 3.05) is 0 Å². The fraction of sp³-hybridized carbons (Fsp3) is 0.0625. The third-order valence-corrected chi connectivity index (χ3v) is 3.65. The van der Waals surface area contributed by atoms with E-state index >= 15 is 0 Å². The number of aliphatic hydroxyl groups excluding tert-OH is 1. The van der Waals surface area contributed by atoms with Gasteiger partial charge in [0, 0.05) is 27.7 Å². The molecule has 0 aliphatic carbocycles. The van der Waals surface area contributed by atoms with Gasteiger partial charge in [-0.2, -0.15) is 0 Å². The SMILES string of the molecule is OC(c1cccc(F)c1F)c1ccc(Cl)c2cccnc12. The number of rotatable bonds is 2. The topological polar surface area (TPSA) is 33.1 Å². The second-order valence-electron chi connectivity index (χ2n) is 4.58. The molecular formula is C16H10ClF2NO. The van der Waals surface area contributed by atoms with Gasteiger partial charge in [-0.3, -0.25) is 4.98 Å². The minimum Gasteiger partial charge on any atom is -0.383 e. The van der Waals surface area contributed by atoms with E-state index in [-0.39, 0.29) is 5.56 Å². The number of hydrogen-bond donors (Lipinski definition) is 1. The van der Waals surface area contributed by atoms with Gasteiger partial charge in [0.15, 0.2) is 11.6 Å². The Morgan fingerprint density at radius 1 is 1.00 bits per heavy atom. The second kappa shape index (κ2) is 5.39. The van der Waals surface area contributed by atoms with E-state index in [1.165, 1.54) is 12.1 Å². The molecular weight excluding hydrogens is 296 g/mol. The maximum atomic E-state index is 13.8. The van der Waals surface area contributed by atoms with Crippen LogP contribution in [0.2, 0.25) is 5.02 Å². The number of benzene rings is 2. The van der Waals surface area contributed by atoms with Crippen molar-refractivity contribution in [3.63, 3.8) is 0 Å². The highest BCUT2D eigenvalue weighted by Gasteiger charge is 2.20. The van der Waals surface area contributed by atoms with Crippen molar-refractivity contribution in [3.8, 4) is 0 Å². The lowest BCUT2D eigenvalue weighted by molar-refractivity contribution is 0.214. The van der Waals surface area contributed by atoms with Crippen molar-refractivity contribution in [1.82, 2.24) is 4.98 Å². The molecule has 1 aromatic heterocycles. The van der Waals surface area contributed by atoms with Crippen LogP contribution >= 0.6 is 11.6 Å². The molecule has 3 rings (SSSR count). The number of aromatic nitrogens is 1. The van der Waals surface area contributed by atoms with Crippen molar-refractivity contribution in [1.29, 1.82) is 0 Å². The quantitative estimate of drug-likeness (QED) is 0.768. The van der Waals surface area contributed by atoms with Crippen LogP contribution in [-0.4, -0.2) is 10.1 Å². The van der Waals surface area contributed by atoms with Gasteiger partial charge in [0.1, 0.15) is 6.10 Å². The van der Waals surface area contributed by atoms with Crippen molar-refractivity contribution >= 4 is 22.5 Å². The van der Waals surface area contributed by atoms with Crippen LogP contribution in [0.5, 0.6) is 0 Å². The summed E-state index contributed by atoms with van der Waals surface area (Å²) >= 11 is 6.08. The van der Waals surface area contributed by atoms with Crippen LogP contribution in [0, 0.1) is 11.6 Å². The van der Waals surface area contributed by atoms with E-state index in [1.807, 2.05) is 0 Å². The zero-order chi connectivity index (χ0) is 15.0. The predicted octanol–water partition coefficient (Wildman–Crippen LogP) is 4.25. The van der Waals surface area contributed by atoms with Crippen LogP contribution < -0.4 is 0 Å². The Morgan fingerprint density at radius 3 is 2.62 bits per heavy atom. The molecule has 3 aromatic rings. The number of aliphatic hydroxyl groups is 1. The van der Waals surface area contributed by atoms with E-state index < -0.39 is 17.7 Å². The van der Waals surface area contributed by atoms with Crippen LogP contribution in [0.15, 0.2) is 48.7 Å². The Morgan fingerprint density at radius 2 is 1.81 bits per heavy atom. The molecule has 0 saturated carbocycles. The Hall–Kier alpha value is -2.04. The Balaban J connectivity index is 2.21. The average Bonchev–Trinajstić information content (AvgIpc) is 2.50. The molecule has 0 radical (unpaired) electrons. The second-order valence-corrected chi connectivity index (χ2v) is 4.99. The van der Waals surface area contributed by atoms with Gasteiger partial charge in [0.2, 0.25) is 0 Å². The number of halogens is 3. The Labute approximate surface area is 124 Å². The average molecular weight is 306 g/mol. The molecule has 2 nitrogen and oxygen atoms in total. The number of pyridine rings is 1. The van der Waals surface area contributed by atoms with Gasteiger partial charge in [-0.05, 0) is 24.3 Å². The zero-order valence-electron chi connectivity index (χ0n) is 10.7. The first kappa shape index (κ1) is 13.9. The standard InChI is InChI=1S/C16H10ClF2NO/c17-12-7-6-11(15-9(12)4-2-8-20-15)16(21)10-3-1-5-13(18)14(10)19/h1-8,16,21H. The molecule has 0 aliphatic heterocycles. The summed E-state index contributed by atoms with van der Waals surface area (Å²) in [6.45, 7) is 0. The van der Waals surface area contributed by atoms with Crippen LogP contribution in [0.1, 0.15) is 17.2 Å². The van der Waals surface area contributed by atoms with Crippen LogP contribution in [0.3, 0.4) is 0 Å². The van der Waals surface area contributed by atoms with Gasteiger partial charge >= 0.3 is 0 Å². The Bertz CT molecular complexity index is 822. The largest absolute Gasteiger partial charge is 0.383 e. The molecule has 5 heteroatoms. The molecule has 0 saturated heterocycles. The summed E-state index contributed by atoms with van der Waals surface area (Å²) in [5, 5.41) is 11.5. The summed E-state index contributed by atoms with van der Waals surface area (Å²) < 4.78 is 27.1. The van der Waals surface area contributed by atoms with Gasteiger partial charge in [-0.15, -0.1) is 0 Å². The van der Waals surface area contributed by atoms with E-state index in [0.29, 0.717) is 21.5 Å². The van der Waals surface area contributed by atoms with Gasteiger partial charge in [-0.25, -0.2) is 8.78 Å². The van der Waals surface area contributed by atoms with Gasteiger partial charge in [0.05, 0.1) is 5.52 Å². The van der Waals surface area contributed by atoms with Crippen molar-refractivity contribution in [2.45, 2.75) is 6.10 Å². The lowest BCUT2D eigenvalue weighted by Gasteiger charge is -2.15. The molecule has 0 bridgehead atoms. The van der Waals surface area contributed by atoms with Gasteiger partial charge < -0.3 is 5.11 Å². The van der Waals surface area contributed by atoms with Crippen molar-refractivity contribution in [3.05, 3.63) is 76.4 Å². The highest BCUT2D eigenvalue weighted by atomic mass is 35.5. The third-order valence-electron chi connectivity index (χ3n) is 3.32. The minimum atomic E-state index is -1.32. The highest BCUT2D eigenvalue weighted by molar-refractivity contribution is 6.35. The molecule has 0 aliphatic rings. The Kier molecular flexibility index (Phi) is 3.57. The predicted molar refractivity (Wildman–Crippen MR) is 77.2 cm³/mol. The van der Waals surface area contributed by atoms with E-state index in [9.17, 15) is 13.9 Å². The molecule has 21 heavy (non-hydrogen) atoms. The lowest BCUT2D eigenvalue weighted by atomic mass is 9.98. The van der Waals surface area contributed by atoms with Gasteiger partial charge in [0.25, 0.3) is 0 Å². The smallest absolute Gasteiger partial charge is 0.164 e. The fourth-order valence-corrected chi connectivity index (χ4v) is 2.50. The number of hydrogen-bond acceptors (Lipinski definition) is 2. The summed E-state index contributed by atoms with van der Waals surface area (Å²) in [6.07, 6.45) is 0.229. The first-order chi connectivity index (χ1) is 10.1. The van der Waals surface area contributed by atoms with Crippen molar-refractivity contribution in [2.24, 2.45) is 0 Å². The van der Waals surface area contributed by atoms with Crippen LogP contribution in [0.25, 0.3) is 10.9 Å². The fourth-order valence-electron chi connectivity index (χ4n) is 2.28. The third kappa shape index (κ3) is 2.37. The van der Waals surface area contributed by atoms with E-state index in [2.05, 4.69) is 4.98 Å². The number of nitrogens with zero attached hydrogens (tertiary/aromatic N) is 1. The zero-order valence-corrected chi connectivity index (χ0v) is 11.5. The molecule has 1 unspecified atom stereocenters. The molecule has 2 aromatic carbocycles. The summed E-state index contributed by atoms with van der Waals surface area (Å²) in [6, 6.07) is 10.3. The normalized spacial score (nSPS) is 12.6. The maximum Gasteiger partial charge on any atom is 0.164 e.